The third-order valence-electron chi connectivity index (χ3n) is 4.91. The number of aromatic nitrogens is 3. The highest BCUT2D eigenvalue weighted by atomic mass is 79.9. The first-order chi connectivity index (χ1) is 16.3. The minimum absolute atomic E-state index is 0.230. The average molecular weight is 545 g/mol. The first kappa shape index (κ1) is 24.0. The zero-order valence-electron chi connectivity index (χ0n) is 18.9. The molecule has 4 rings (SSSR count). The Morgan fingerprint density at radius 2 is 1.97 bits per heavy atom. The summed E-state index contributed by atoms with van der Waals surface area (Å²) in [5, 5.41) is 9.05. The third kappa shape index (κ3) is 4.58. The molecule has 3 aromatic rings. The number of methoxy groups -OCH3 is 1. The van der Waals surface area contributed by atoms with Gasteiger partial charge < -0.3 is 14.2 Å². The van der Waals surface area contributed by atoms with Gasteiger partial charge in [0.2, 0.25) is 23.2 Å². The highest BCUT2D eigenvalue weighted by Crippen LogP contribution is 2.46. The molecule has 1 aliphatic rings. The van der Waals surface area contributed by atoms with Crippen molar-refractivity contribution in [1.29, 1.82) is 0 Å². The maximum absolute atomic E-state index is 12.9. The molecule has 2 heterocycles. The van der Waals surface area contributed by atoms with Crippen molar-refractivity contribution in [2.24, 2.45) is 0 Å². The molecule has 1 unspecified atom stereocenters. The van der Waals surface area contributed by atoms with E-state index in [1.807, 2.05) is 31.2 Å². The summed E-state index contributed by atoms with van der Waals surface area (Å²) in [6, 6.07) is 10.7. The molecule has 1 aromatic heterocycles. The number of carbonyl (C=O) groups excluding carboxylic acids is 2. The molecule has 0 N–H and O–H groups in total. The van der Waals surface area contributed by atoms with Crippen LogP contribution in [0.5, 0.6) is 17.4 Å². The first-order valence-corrected chi connectivity index (χ1v) is 12.1. The quantitative estimate of drug-likeness (QED) is 0.254. The second-order valence-corrected chi connectivity index (χ2v) is 9.27. The van der Waals surface area contributed by atoms with E-state index in [1.165, 1.54) is 37.6 Å². The number of ether oxygens (including phenoxy) is 3. The second kappa shape index (κ2) is 9.98. The number of hydrogen-bond acceptors (Lipinski definition) is 9. The molecule has 11 heteroatoms. The number of hydrogen-bond donors (Lipinski definition) is 0. The number of rotatable bonds is 5. The molecule has 0 spiro atoms. The minimum atomic E-state index is -0.910. The van der Waals surface area contributed by atoms with Crippen molar-refractivity contribution in [3.05, 3.63) is 46.4 Å². The van der Waals surface area contributed by atoms with Crippen LogP contribution in [0, 0.1) is 0 Å². The van der Waals surface area contributed by atoms with Gasteiger partial charge >= 0.3 is 5.97 Å². The molecule has 9 nitrogen and oxygen atoms in total. The Bertz CT molecular complexity index is 1270. The van der Waals surface area contributed by atoms with Crippen LogP contribution < -0.4 is 19.1 Å². The molecule has 34 heavy (non-hydrogen) atoms. The molecule has 0 aliphatic carbocycles. The topological polar surface area (TPSA) is 104 Å². The summed E-state index contributed by atoms with van der Waals surface area (Å²) >= 11 is 4.88. The zero-order chi connectivity index (χ0) is 24.4. The van der Waals surface area contributed by atoms with E-state index in [1.54, 1.807) is 12.1 Å². The summed E-state index contributed by atoms with van der Waals surface area (Å²) in [5.41, 5.74) is 2.28. The van der Waals surface area contributed by atoms with Gasteiger partial charge in [-0.1, -0.05) is 36.9 Å². The van der Waals surface area contributed by atoms with Crippen molar-refractivity contribution in [2.45, 2.75) is 32.2 Å². The Hall–Kier alpha value is -3.18. The van der Waals surface area contributed by atoms with Crippen molar-refractivity contribution >= 4 is 45.3 Å². The van der Waals surface area contributed by atoms with E-state index < -0.39 is 12.2 Å². The molecule has 176 valence electrons. The largest absolute Gasteiger partial charge is 0.493 e. The van der Waals surface area contributed by atoms with Gasteiger partial charge in [0.05, 0.1) is 17.3 Å². The van der Waals surface area contributed by atoms with Crippen molar-refractivity contribution in [3.8, 4) is 28.6 Å². The summed E-state index contributed by atoms with van der Waals surface area (Å²) in [6.45, 7) is 4.75. The lowest BCUT2D eigenvalue weighted by atomic mass is 10.1. The molecule has 0 fully saturated rings. The molecule has 0 saturated carbocycles. The molecule has 0 bridgehead atoms. The van der Waals surface area contributed by atoms with Crippen LogP contribution in [0.2, 0.25) is 0 Å². The van der Waals surface area contributed by atoms with Crippen LogP contribution >= 0.6 is 27.7 Å². The van der Waals surface area contributed by atoms with Gasteiger partial charge in [0.1, 0.15) is 0 Å². The van der Waals surface area contributed by atoms with Crippen molar-refractivity contribution < 1.29 is 23.8 Å². The Kier molecular flexibility index (Phi) is 7.03. The molecule has 0 radical (unpaired) electrons. The van der Waals surface area contributed by atoms with Gasteiger partial charge in [-0.15, -0.1) is 10.2 Å². The van der Waals surface area contributed by atoms with Gasteiger partial charge in [0.25, 0.3) is 0 Å². The summed E-state index contributed by atoms with van der Waals surface area (Å²) in [4.78, 5) is 30.6. The number of nitrogens with zero attached hydrogens (tertiary/aromatic N) is 4. The van der Waals surface area contributed by atoms with E-state index in [-0.39, 0.29) is 17.5 Å². The van der Waals surface area contributed by atoms with Crippen LogP contribution in [-0.4, -0.2) is 39.9 Å². The fourth-order valence-electron chi connectivity index (χ4n) is 3.58. The minimum Gasteiger partial charge on any atom is -0.493 e. The maximum atomic E-state index is 12.9. The number of esters is 1. The van der Waals surface area contributed by atoms with Gasteiger partial charge in [-0.2, -0.15) is 4.98 Å². The van der Waals surface area contributed by atoms with Crippen LogP contribution in [0.1, 0.15) is 32.6 Å². The number of benzene rings is 2. The highest BCUT2D eigenvalue weighted by Gasteiger charge is 2.35. The van der Waals surface area contributed by atoms with Gasteiger partial charge in [-0.05, 0) is 39.9 Å². The number of carbonyl (C=O) groups is 2. The molecule has 0 saturated heterocycles. The van der Waals surface area contributed by atoms with Gasteiger partial charge in [-0.3, -0.25) is 14.5 Å². The Labute approximate surface area is 209 Å². The van der Waals surface area contributed by atoms with Crippen molar-refractivity contribution in [1.82, 2.24) is 15.2 Å². The van der Waals surface area contributed by atoms with E-state index in [9.17, 15) is 9.59 Å². The number of para-hydroxylation sites is 1. The first-order valence-electron chi connectivity index (χ1n) is 10.3. The van der Waals surface area contributed by atoms with E-state index in [4.69, 9.17) is 14.2 Å². The smallest absolute Gasteiger partial charge is 0.308 e. The molecule has 2 aromatic carbocycles. The predicted molar refractivity (Wildman–Crippen MR) is 130 cm³/mol. The number of amides is 1. The van der Waals surface area contributed by atoms with E-state index >= 15 is 0 Å². The number of halogens is 1. The average Bonchev–Trinajstić information content (AvgIpc) is 2.94. The SMILES string of the molecule is CCSc1nnc2c(n1)OC(c1cc(Br)c(OC(C)=O)c(OC)c1)N(C(C)=O)c1ccccc1-2. The Morgan fingerprint density at radius 1 is 1.21 bits per heavy atom. The van der Waals surface area contributed by atoms with Crippen LogP contribution in [0.3, 0.4) is 0 Å². The van der Waals surface area contributed by atoms with Crippen molar-refractivity contribution in [2.75, 3.05) is 17.8 Å². The molecular formula is C23H21BrN4O5S. The third-order valence-corrected chi connectivity index (χ3v) is 6.22. The Balaban J connectivity index is 1.93. The summed E-state index contributed by atoms with van der Waals surface area (Å²) in [6.07, 6.45) is -0.910. The number of anilines is 1. The van der Waals surface area contributed by atoms with E-state index in [0.29, 0.717) is 37.9 Å². The summed E-state index contributed by atoms with van der Waals surface area (Å²) in [5.74, 6) is 0.809. The van der Waals surface area contributed by atoms with E-state index in [0.717, 1.165) is 5.75 Å². The lowest BCUT2D eigenvalue weighted by molar-refractivity contribution is -0.132. The summed E-state index contributed by atoms with van der Waals surface area (Å²) in [7, 11) is 1.46. The van der Waals surface area contributed by atoms with Crippen molar-refractivity contribution in [3.63, 3.8) is 0 Å². The molecular weight excluding hydrogens is 524 g/mol. The number of fused-ring (bicyclic) bond motifs is 3. The summed E-state index contributed by atoms with van der Waals surface area (Å²) < 4.78 is 17.6. The van der Waals surface area contributed by atoms with Gasteiger partial charge in [-0.25, -0.2) is 0 Å². The van der Waals surface area contributed by atoms with Gasteiger partial charge in [0.15, 0.2) is 17.2 Å². The molecule has 1 atom stereocenters. The molecule has 1 amide bonds. The fraction of sp³-hybridized carbons (Fsp3) is 0.261. The Morgan fingerprint density at radius 3 is 2.65 bits per heavy atom. The van der Waals surface area contributed by atoms with Gasteiger partial charge in [0, 0.05) is 25.0 Å². The zero-order valence-corrected chi connectivity index (χ0v) is 21.3. The highest BCUT2D eigenvalue weighted by molar-refractivity contribution is 9.10. The van der Waals surface area contributed by atoms with E-state index in [2.05, 4.69) is 31.1 Å². The standard InChI is InChI=1S/C23H21BrN4O5S/c1-5-34-23-25-21-19(26-27-23)15-8-6-7-9-17(15)28(12(2)29)22(33-21)14-10-16(24)20(32-13(3)30)18(11-14)31-4/h6-11,22H,5H2,1-4H3. The van der Waals surface area contributed by atoms with Crippen LogP contribution in [0.4, 0.5) is 5.69 Å². The monoisotopic (exact) mass is 544 g/mol. The van der Waals surface area contributed by atoms with Crippen LogP contribution in [-0.2, 0) is 9.59 Å². The van der Waals surface area contributed by atoms with Crippen LogP contribution in [0.25, 0.3) is 11.3 Å². The lowest BCUT2D eigenvalue weighted by Gasteiger charge is -2.30. The predicted octanol–water partition coefficient (Wildman–Crippen LogP) is 4.79. The van der Waals surface area contributed by atoms with Crippen LogP contribution in [0.15, 0.2) is 46.0 Å². The second-order valence-electron chi connectivity index (χ2n) is 7.19. The maximum Gasteiger partial charge on any atom is 0.308 e. The lowest BCUT2D eigenvalue weighted by Crippen LogP contribution is -2.36. The normalized spacial score (nSPS) is 14.4. The molecule has 1 aliphatic heterocycles. The fourth-order valence-corrected chi connectivity index (χ4v) is 4.63. The number of thioether (sulfide) groups is 1.